The van der Waals surface area contributed by atoms with Crippen LogP contribution in [0, 0.1) is 13.8 Å². The fraction of sp³-hybridized carbons (Fsp3) is 0.300. The average molecular weight is 338 g/mol. The molecule has 1 heterocycles. The van der Waals surface area contributed by atoms with Crippen LogP contribution in [-0.4, -0.2) is 16.0 Å². The summed E-state index contributed by atoms with van der Waals surface area (Å²) >= 11 is 0. The number of aryl methyl sites for hydroxylation is 2. The quantitative estimate of drug-likeness (QED) is 0.646. The number of nitrogens with one attached hydrogen (secondary N) is 1. The highest BCUT2D eigenvalue weighted by Gasteiger charge is 2.16. The number of aromatic hydroxyl groups is 1. The number of hydrogen-bond donors (Lipinski definition) is 2. The molecule has 5 nitrogen and oxygen atoms in total. The summed E-state index contributed by atoms with van der Waals surface area (Å²) in [6.45, 7) is 5.82. The van der Waals surface area contributed by atoms with Crippen LogP contribution in [0.2, 0.25) is 0 Å². The number of benzene rings is 2. The van der Waals surface area contributed by atoms with Gasteiger partial charge < -0.3 is 14.8 Å². The summed E-state index contributed by atoms with van der Waals surface area (Å²) in [6.07, 6.45) is 2.30. The van der Waals surface area contributed by atoms with E-state index in [9.17, 15) is 9.90 Å². The summed E-state index contributed by atoms with van der Waals surface area (Å²) in [7, 11) is 0. The third-order valence-corrected chi connectivity index (χ3v) is 4.12. The second-order valence-electron chi connectivity index (χ2n) is 6.33. The van der Waals surface area contributed by atoms with Gasteiger partial charge >= 0.3 is 0 Å². The molecule has 5 heteroatoms. The fourth-order valence-corrected chi connectivity index (χ4v) is 2.73. The molecular formula is C20H22N2O3. The van der Waals surface area contributed by atoms with Crippen LogP contribution in [0.25, 0.3) is 22.6 Å². The molecular weight excluding hydrogens is 316 g/mol. The van der Waals surface area contributed by atoms with Gasteiger partial charge in [0.05, 0.1) is 5.56 Å². The van der Waals surface area contributed by atoms with Crippen molar-refractivity contribution < 1.29 is 14.3 Å². The lowest BCUT2D eigenvalue weighted by Crippen LogP contribution is -2.11. The van der Waals surface area contributed by atoms with Crippen molar-refractivity contribution in [2.45, 2.75) is 40.0 Å². The van der Waals surface area contributed by atoms with E-state index in [1.165, 1.54) is 0 Å². The van der Waals surface area contributed by atoms with Crippen molar-refractivity contribution in [3.05, 3.63) is 41.5 Å². The normalized spacial score (nSPS) is 11.0. The van der Waals surface area contributed by atoms with Crippen LogP contribution in [0.4, 0.5) is 5.69 Å². The molecule has 2 N–H and O–H groups in total. The number of nitrogens with zero attached hydrogens (tertiary/aromatic N) is 1. The van der Waals surface area contributed by atoms with E-state index in [0.717, 1.165) is 23.9 Å². The summed E-state index contributed by atoms with van der Waals surface area (Å²) < 4.78 is 5.79. The van der Waals surface area contributed by atoms with Gasteiger partial charge in [-0.3, -0.25) is 4.79 Å². The third kappa shape index (κ3) is 3.65. The maximum Gasteiger partial charge on any atom is 0.231 e. The molecule has 0 aliphatic heterocycles. The Morgan fingerprint density at radius 2 is 2.04 bits per heavy atom. The van der Waals surface area contributed by atoms with Gasteiger partial charge in [-0.2, -0.15) is 0 Å². The molecule has 0 saturated heterocycles. The molecule has 0 aliphatic rings. The first-order chi connectivity index (χ1) is 12.0. The van der Waals surface area contributed by atoms with Crippen molar-refractivity contribution in [1.29, 1.82) is 0 Å². The Bertz CT molecular complexity index is 928. The van der Waals surface area contributed by atoms with Gasteiger partial charge in [-0.05, 0) is 55.7 Å². The Labute approximate surface area is 146 Å². The second-order valence-corrected chi connectivity index (χ2v) is 6.33. The first-order valence-corrected chi connectivity index (χ1v) is 8.49. The topological polar surface area (TPSA) is 75.4 Å². The van der Waals surface area contributed by atoms with Crippen LogP contribution in [0.1, 0.15) is 37.3 Å². The smallest absolute Gasteiger partial charge is 0.231 e. The molecule has 3 aromatic rings. The van der Waals surface area contributed by atoms with Gasteiger partial charge in [-0.15, -0.1) is 0 Å². The molecule has 0 spiro atoms. The lowest BCUT2D eigenvalue weighted by molar-refractivity contribution is -0.116. The Balaban J connectivity index is 1.98. The predicted octanol–water partition coefficient (Wildman–Crippen LogP) is 4.95. The first-order valence-electron chi connectivity index (χ1n) is 8.49. The number of carbonyl (C=O) groups excluding carboxylic acids is 1. The number of anilines is 1. The van der Waals surface area contributed by atoms with Crippen LogP contribution in [0.3, 0.4) is 0 Å². The minimum Gasteiger partial charge on any atom is -0.507 e. The van der Waals surface area contributed by atoms with Gasteiger partial charge in [-0.1, -0.05) is 19.4 Å². The van der Waals surface area contributed by atoms with E-state index in [0.29, 0.717) is 34.7 Å². The van der Waals surface area contributed by atoms with Gasteiger partial charge in [0, 0.05) is 12.1 Å². The number of carbonyl (C=O) groups is 1. The number of oxazole rings is 1. The number of rotatable bonds is 5. The zero-order valence-corrected chi connectivity index (χ0v) is 14.7. The van der Waals surface area contributed by atoms with E-state index in [1.54, 1.807) is 19.1 Å². The number of hydrogen-bond acceptors (Lipinski definition) is 4. The molecule has 0 fully saturated rings. The third-order valence-electron chi connectivity index (χ3n) is 4.12. The molecule has 0 radical (unpaired) electrons. The number of fused-ring (bicyclic) bond motifs is 1. The van der Waals surface area contributed by atoms with Crippen molar-refractivity contribution in [3.8, 4) is 17.2 Å². The monoisotopic (exact) mass is 338 g/mol. The lowest BCUT2D eigenvalue weighted by Gasteiger charge is -2.10. The Kier molecular flexibility index (Phi) is 4.74. The largest absolute Gasteiger partial charge is 0.507 e. The molecule has 1 aromatic heterocycles. The summed E-state index contributed by atoms with van der Waals surface area (Å²) in [5.74, 6) is 0.409. The first kappa shape index (κ1) is 17.0. The van der Waals surface area contributed by atoms with Crippen molar-refractivity contribution in [1.82, 2.24) is 4.98 Å². The van der Waals surface area contributed by atoms with Gasteiger partial charge in [0.1, 0.15) is 11.3 Å². The summed E-state index contributed by atoms with van der Waals surface area (Å²) in [4.78, 5) is 16.5. The van der Waals surface area contributed by atoms with Crippen LogP contribution in [0.5, 0.6) is 5.75 Å². The minimum absolute atomic E-state index is 0.0360. The zero-order valence-electron chi connectivity index (χ0n) is 14.7. The maximum absolute atomic E-state index is 12.0. The van der Waals surface area contributed by atoms with Crippen molar-refractivity contribution >= 4 is 22.7 Å². The standard InChI is InChI=1S/C20H22N2O3/c1-4-5-6-18(23)21-14-10-13(3)19(24)15(11-14)20-22-16-9-12(2)7-8-17(16)25-20/h7-11,24H,4-6H2,1-3H3,(H,21,23). The molecule has 0 saturated carbocycles. The van der Waals surface area contributed by atoms with Crippen molar-refractivity contribution in [2.24, 2.45) is 0 Å². The van der Waals surface area contributed by atoms with Crippen molar-refractivity contribution in [2.75, 3.05) is 5.32 Å². The van der Waals surface area contributed by atoms with Crippen LogP contribution >= 0.6 is 0 Å². The Morgan fingerprint density at radius 1 is 1.24 bits per heavy atom. The number of unbranched alkanes of at least 4 members (excludes halogenated alkanes) is 1. The zero-order chi connectivity index (χ0) is 18.0. The van der Waals surface area contributed by atoms with E-state index in [2.05, 4.69) is 10.3 Å². The second kappa shape index (κ2) is 6.97. The highest BCUT2D eigenvalue weighted by Crippen LogP contribution is 2.36. The lowest BCUT2D eigenvalue weighted by atomic mass is 10.1. The molecule has 0 aliphatic carbocycles. The summed E-state index contributed by atoms with van der Waals surface area (Å²) in [6, 6.07) is 9.19. The van der Waals surface area contributed by atoms with E-state index in [1.807, 2.05) is 32.0 Å². The highest BCUT2D eigenvalue weighted by atomic mass is 16.3. The number of amides is 1. The van der Waals surface area contributed by atoms with Gasteiger partial charge in [-0.25, -0.2) is 4.98 Å². The maximum atomic E-state index is 12.0. The number of aromatic nitrogens is 1. The molecule has 0 atom stereocenters. The van der Waals surface area contributed by atoms with E-state index in [4.69, 9.17) is 4.42 Å². The molecule has 25 heavy (non-hydrogen) atoms. The Hall–Kier alpha value is -2.82. The molecule has 1 amide bonds. The molecule has 0 unspecified atom stereocenters. The molecule has 3 rings (SSSR count). The van der Waals surface area contributed by atoms with Crippen LogP contribution in [0.15, 0.2) is 34.7 Å². The van der Waals surface area contributed by atoms with Gasteiger partial charge in [0.25, 0.3) is 0 Å². The summed E-state index contributed by atoms with van der Waals surface area (Å²) in [5.41, 5.74) is 4.25. The van der Waals surface area contributed by atoms with E-state index < -0.39 is 0 Å². The Morgan fingerprint density at radius 3 is 2.80 bits per heavy atom. The predicted molar refractivity (Wildman–Crippen MR) is 98.7 cm³/mol. The van der Waals surface area contributed by atoms with E-state index >= 15 is 0 Å². The molecule has 0 bridgehead atoms. The summed E-state index contributed by atoms with van der Waals surface area (Å²) in [5, 5.41) is 13.3. The molecule has 130 valence electrons. The molecule has 2 aromatic carbocycles. The average Bonchev–Trinajstić information content (AvgIpc) is 2.98. The van der Waals surface area contributed by atoms with Crippen LogP contribution < -0.4 is 5.32 Å². The fourth-order valence-electron chi connectivity index (χ4n) is 2.73. The van der Waals surface area contributed by atoms with E-state index in [-0.39, 0.29) is 11.7 Å². The highest BCUT2D eigenvalue weighted by molar-refractivity contribution is 5.92. The van der Waals surface area contributed by atoms with Crippen LogP contribution in [-0.2, 0) is 4.79 Å². The van der Waals surface area contributed by atoms with Gasteiger partial charge in [0.15, 0.2) is 5.58 Å². The van der Waals surface area contributed by atoms with Gasteiger partial charge in [0.2, 0.25) is 11.8 Å². The SMILES string of the molecule is CCCCC(=O)Nc1cc(C)c(O)c(-c2nc3cc(C)ccc3o2)c1. The minimum atomic E-state index is -0.0360. The number of phenolic OH excluding ortho intramolecular Hbond substituents is 1. The number of phenols is 1. The van der Waals surface area contributed by atoms with Crippen molar-refractivity contribution in [3.63, 3.8) is 0 Å².